The minimum absolute atomic E-state index is 0.0678. The van der Waals surface area contributed by atoms with Gasteiger partial charge in [-0.15, -0.1) is 0 Å². The van der Waals surface area contributed by atoms with Gasteiger partial charge in [0, 0.05) is 37.9 Å². The molecule has 0 spiro atoms. The lowest BCUT2D eigenvalue weighted by molar-refractivity contribution is 0.211. The van der Waals surface area contributed by atoms with E-state index < -0.39 is 0 Å². The van der Waals surface area contributed by atoms with Crippen molar-refractivity contribution in [3.8, 4) is 6.07 Å². The predicted octanol–water partition coefficient (Wildman–Crippen LogP) is 2.24. The maximum atomic E-state index is 9.26. The number of piperazine rings is 1. The molecular weight excluding hydrogens is 262 g/mol. The van der Waals surface area contributed by atoms with E-state index in [1.54, 1.807) is 6.33 Å². The van der Waals surface area contributed by atoms with Crippen LogP contribution in [0.15, 0.2) is 12.4 Å². The fraction of sp³-hybridized carbons (Fsp3) is 0.688. The minimum Gasteiger partial charge on any atom is -0.354 e. The molecule has 0 aliphatic carbocycles. The minimum atomic E-state index is 0.0678. The Balaban J connectivity index is 1.94. The molecule has 21 heavy (non-hydrogen) atoms. The number of aryl methyl sites for hydroxylation is 1. The highest BCUT2D eigenvalue weighted by Crippen LogP contribution is 2.17. The zero-order chi connectivity index (χ0) is 15.1. The Labute approximate surface area is 127 Å². The van der Waals surface area contributed by atoms with Crippen molar-refractivity contribution >= 4 is 5.82 Å². The van der Waals surface area contributed by atoms with Gasteiger partial charge in [0.2, 0.25) is 0 Å². The molecule has 1 unspecified atom stereocenters. The molecule has 5 nitrogen and oxygen atoms in total. The first-order chi connectivity index (χ1) is 10.3. The molecule has 0 amide bonds. The Kier molecular flexibility index (Phi) is 5.94. The summed E-state index contributed by atoms with van der Waals surface area (Å²) in [6, 6.07) is 4.61. The second-order valence-corrected chi connectivity index (χ2v) is 5.57. The van der Waals surface area contributed by atoms with Gasteiger partial charge in [-0.05, 0) is 12.8 Å². The monoisotopic (exact) mass is 287 g/mol. The second kappa shape index (κ2) is 7.94. The van der Waals surface area contributed by atoms with E-state index in [1.807, 2.05) is 0 Å². The van der Waals surface area contributed by atoms with Crippen molar-refractivity contribution < 1.29 is 0 Å². The van der Waals surface area contributed by atoms with E-state index in [0.717, 1.165) is 63.4 Å². The highest BCUT2D eigenvalue weighted by atomic mass is 15.3. The highest BCUT2D eigenvalue weighted by molar-refractivity contribution is 5.39. The van der Waals surface area contributed by atoms with Crippen LogP contribution >= 0.6 is 0 Å². The van der Waals surface area contributed by atoms with E-state index >= 15 is 0 Å². The van der Waals surface area contributed by atoms with Crippen LogP contribution in [0.3, 0.4) is 0 Å². The van der Waals surface area contributed by atoms with E-state index in [2.05, 4.69) is 45.8 Å². The lowest BCUT2D eigenvalue weighted by Gasteiger charge is -2.37. The van der Waals surface area contributed by atoms with Crippen LogP contribution in [0.2, 0.25) is 0 Å². The molecule has 1 aromatic heterocycles. The number of rotatable bonds is 6. The Morgan fingerprint density at radius 1 is 1.19 bits per heavy atom. The normalized spacial score (nSPS) is 17.5. The molecule has 1 fully saturated rings. The highest BCUT2D eigenvalue weighted by Gasteiger charge is 2.23. The van der Waals surface area contributed by atoms with Gasteiger partial charge in [-0.3, -0.25) is 4.90 Å². The zero-order valence-corrected chi connectivity index (χ0v) is 13.1. The first kappa shape index (κ1) is 15.7. The molecule has 0 bridgehead atoms. The molecule has 1 saturated heterocycles. The standard InChI is InChI=1S/C16H25N5/c1-3-5-14-11-16(19-13-18-14)21-9-7-20(8-10-21)15(12-17)6-4-2/h11,13,15H,3-10H2,1-2H3. The summed E-state index contributed by atoms with van der Waals surface area (Å²) >= 11 is 0. The summed E-state index contributed by atoms with van der Waals surface area (Å²) in [5, 5.41) is 9.26. The molecule has 2 rings (SSSR count). The third-order valence-electron chi connectivity index (χ3n) is 4.01. The maximum Gasteiger partial charge on any atom is 0.132 e. The molecule has 2 heterocycles. The number of nitriles is 1. The van der Waals surface area contributed by atoms with Gasteiger partial charge in [0.15, 0.2) is 0 Å². The summed E-state index contributed by atoms with van der Waals surface area (Å²) in [5.74, 6) is 1.03. The van der Waals surface area contributed by atoms with Gasteiger partial charge in [0.05, 0.1) is 12.1 Å². The van der Waals surface area contributed by atoms with Crippen molar-refractivity contribution in [1.29, 1.82) is 5.26 Å². The number of aromatic nitrogens is 2. The third-order valence-corrected chi connectivity index (χ3v) is 4.01. The topological polar surface area (TPSA) is 56.0 Å². The van der Waals surface area contributed by atoms with Gasteiger partial charge in [-0.2, -0.15) is 5.26 Å². The van der Waals surface area contributed by atoms with Gasteiger partial charge in [-0.25, -0.2) is 9.97 Å². The summed E-state index contributed by atoms with van der Waals surface area (Å²) in [5.41, 5.74) is 1.12. The van der Waals surface area contributed by atoms with E-state index in [9.17, 15) is 5.26 Å². The average molecular weight is 287 g/mol. The van der Waals surface area contributed by atoms with Gasteiger partial charge >= 0.3 is 0 Å². The third kappa shape index (κ3) is 4.15. The quantitative estimate of drug-likeness (QED) is 0.803. The average Bonchev–Trinajstić information content (AvgIpc) is 2.53. The first-order valence-corrected chi connectivity index (χ1v) is 7.98. The van der Waals surface area contributed by atoms with Crippen LogP contribution in [-0.2, 0) is 6.42 Å². The van der Waals surface area contributed by atoms with Gasteiger partial charge < -0.3 is 4.90 Å². The van der Waals surface area contributed by atoms with Crippen molar-refractivity contribution in [1.82, 2.24) is 14.9 Å². The zero-order valence-electron chi connectivity index (χ0n) is 13.1. The van der Waals surface area contributed by atoms with E-state index in [0.29, 0.717) is 0 Å². The van der Waals surface area contributed by atoms with E-state index in [-0.39, 0.29) is 6.04 Å². The van der Waals surface area contributed by atoms with Crippen LogP contribution < -0.4 is 4.90 Å². The fourth-order valence-electron chi connectivity index (χ4n) is 2.82. The first-order valence-electron chi connectivity index (χ1n) is 7.98. The van der Waals surface area contributed by atoms with Gasteiger partial charge in [-0.1, -0.05) is 26.7 Å². The van der Waals surface area contributed by atoms with E-state index in [4.69, 9.17) is 0 Å². The van der Waals surface area contributed by atoms with E-state index in [1.165, 1.54) is 0 Å². The Morgan fingerprint density at radius 3 is 2.57 bits per heavy atom. The van der Waals surface area contributed by atoms with Crippen LogP contribution in [0, 0.1) is 11.3 Å². The molecule has 1 aliphatic rings. The summed E-state index contributed by atoms with van der Waals surface area (Å²) in [6.45, 7) is 8.04. The second-order valence-electron chi connectivity index (χ2n) is 5.57. The molecule has 1 atom stereocenters. The van der Waals surface area contributed by atoms with Crippen LogP contribution in [-0.4, -0.2) is 47.1 Å². The lowest BCUT2D eigenvalue weighted by atomic mass is 10.1. The molecule has 1 aromatic rings. The lowest BCUT2D eigenvalue weighted by Crippen LogP contribution is -2.50. The number of hydrogen-bond donors (Lipinski definition) is 0. The fourth-order valence-corrected chi connectivity index (χ4v) is 2.82. The number of anilines is 1. The van der Waals surface area contributed by atoms with Crippen LogP contribution in [0.5, 0.6) is 0 Å². The van der Waals surface area contributed by atoms with Crippen molar-refractivity contribution in [2.24, 2.45) is 0 Å². The number of hydrogen-bond acceptors (Lipinski definition) is 5. The van der Waals surface area contributed by atoms with Crippen molar-refractivity contribution in [2.75, 3.05) is 31.1 Å². The summed E-state index contributed by atoms with van der Waals surface area (Å²) in [6.07, 6.45) is 5.80. The Morgan fingerprint density at radius 2 is 1.95 bits per heavy atom. The molecule has 0 saturated carbocycles. The maximum absolute atomic E-state index is 9.26. The molecule has 5 heteroatoms. The SMILES string of the molecule is CCCc1cc(N2CCN(C(C#N)CCC)CC2)ncn1. The Hall–Kier alpha value is -1.67. The van der Waals surface area contributed by atoms with Gasteiger partial charge in [0.25, 0.3) is 0 Å². The molecule has 114 valence electrons. The van der Waals surface area contributed by atoms with Gasteiger partial charge in [0.1, 0.15) is 12.1 Å². The van der Waals surface area contributed by atoms with Crippen LogP contribution in [0.25, 0.3) is 0 Å². The predicted molar refractivity (Wildman–Crippen MR) is 84.1 cm³/mol. The molecule has 0 radical (unpaired) electrons. The summed E-state index contributed by atoms with van der Waals surface area (Å²) in [4.78, 5) is 13.3. The van der Waals surface area contributed by atoms with Crippen LogP contribution in [0.1, 0.15) is 38.8 Å². The van der Waals surface area contributed by atoms with Crippen molar-refractivity contribution in [3.05, 3.63) is 18.1 Å². The molecule has 1 aliphatic heterocycles. The smallest absolute Gasteiger partial charge is 0.132 e. The summed E-state index contributed by atoms with van der Waals surface area (Å²) in [7, 11) is 0. The summed E-state index contributed by atoms with van der Waals surface area (Å²) < 4.78 is 0. The largest absolute Gasteiger partial charge is 0.354 e. The molecule has 0 N–H and O–H groups in total. The van der Waals surface area contributed by atoms with Crippen molar-refractivity contribution in [2.45, 2.75) is 45.6 Å². The van der Waals surface area contributed by atoms with Crippen LogP contribution in [0.4, 0.5) is 5.82 Å². The molecular formula is C16H25N5. The van der Waals surface area contributed by atoms with Crippen molar-refractivity contribution in [3.63, 3.8) is 0 Å². The molecule has 0 aromatic carbocycles. The number of nitrogens with zero attached hydrogens (tertiary/aromatic N) is 5. The Bertz CT molecular complexity index is 474.